The normalized spacial score (nSPS) is 29.2. The van der Waals surface area contributed by atoms with Crippen molar-refractivity contribution in [1.82, 2.24) is 10.6 Å². The van der Waals surface area contributed by atoms with Crippen molar-refractivity contribution in [3.8, 4) is 0 Å². The third-order valence-corrected chi connectivity index (χ3v) is 1.50. The van der Waals surface area contributed by atoms with Crippen molar-refractivity contribution in [1.29, 1.82) is 0 Å². The average molecular weight is 126 g/mol. The quantitative estimate of drug-likeness (QED) is 0.488. The van der Waals surface area contributed by atoms with Crippen LogP contribution in [-0.4, -0.2) is 25.7 Å². The van der Waals surface area contributed by atoms with Gasteiger partial charge in [-0.2, -0.15) is 0 Å². The summed E-state index contributed by atoms with van der Waals surface area (Å²) in [5.74, 6) is 0. The molecule has 0 amide bonds. The van der Waals surface area contributed by atoms with Gasteiger partial charge in [-0.05, 0) is 6.92 Å². The average Bonchev–Trinajstić information content (AvgIpc) is 1.91. The van der Waals surface area contributed by atoms with Crippen LogP contribution >= 0.6 is 0 Å². The van der Waals surface area contributed by atoms with Gasteiger partial charge < -0.3 is 10.6 Å². The first-order valence-corrected chi connectivity index (χ1v) is 3.50. The van der Waals surface area contributed by atoms with Crippen LogP contribution in [0.1, 0.15) is 6.92 Å². The Bertz CT molecular complexity index is 93.1. The molecule has 9 heavy (non-hydrogen) atoms. The molecule has 0 saturated carbocycles. The standard InChI is InChI=1S/C7H14N2/c1-2-3-7-6-8-4-5-9-7/h2-3,7-9H,4-6H2,1H3. The molecule has 0 aromatic heterocycles. The Morgan fingerprint density at radius 3 is 2.89 bits per heavy atom. The fourth-order valence-corrected chi connectivity index (χ4v) is 1.04. The van der Waals surface area contributed by atoms with Gasteiger partial charge >= 0.3 is 0 Å². The Kier molecular flexibility index (Phi) is 2.74. The SMILES string of the molecule is CC=CC1CNCCN1. The van der Waals surface area contributed by atoms with Crippen LogP contribution in [0.5, 0.6) is 0 Å². The van der Waals surface area contributed by atoms with Gasteiger partial charge in [-0.25, -0.2) is 0 Å². The molecule has 2 N–H and O–H groups in total. The Hall–Kier alpha value is -0.340. The van der Waals surface area contributed by atoms with Crippen molar-refractivity contribution in [3.05, 3.63) is 12.2 Å². The zero-order valence-electron chi connectivity index (χ0n) is 5.85. The maximum Gasteiger partial charge on any atom is 0.0376 e. The molecule has 1 atom stereocenters. The molecule has 1 aliphatic rings. The molecular weight excluding hydrogens is 112 g/mol. The molecule has 52 valence electrons. The van der Waals surface area contributed by atoms with E-state index in [1.54, 1.807) is 0 Å². The Morgan fingerprint density at radius 1 is 1.44 bits per heavy atom. The van der Waals surface area contributed by atoms with Crippen molar-refractivity contribution in [2.75, 3.05) is 19.6 Å². The molecule has 0 radical (unpaired) electrons. The van der Waals surface area contributed by atoms with E-state index in [2.05, 4.69) is 29.7 Å². The summed E-state index contributed by atoms with van der Waals surface area (Å²) in [6.07, 6.45) is 4.27. The van der Waals surface area contributed by atoms with Gasteiger partial charge in [0.2, 0.25) is 0 Å². The fraction of sp³-hybridized carbons (Fsp3) is 0.714. The van der Waals surface area contributed by atoms with Crippen LogP contribution in [0.25, 0.3) is 0 Å². The Labute approximate surface area is 56.3 Å². The second-order valence-electron chi connectivity index (χ2n) is 2.29. The van der Waals surface area contributed by atoms with Gasteiger partial charge in [0.25, 0.3) is 0 Å². The molecule has 0 spiro atoms. The van der Waals surface area contributed by atoms with Crippen molar-refractivity contribution in [2.24, 2.45) is 0 Å². The summed E-state index contributed by atoms with van der Waals surface area (Å²) in [7, 11) is 0. The van der Waals surface area contributed by atoms with Gasteiger partial charge in [0.05, 0.1) is 0 Å². The molecule has 0 bridgehead atoms. The summed E-state index contributed by atoms with van der Waals surface area (Å²) in [5, 5.41) is 6.68. The second kappa shape index (κ2) is 3.64. The van der Waals surface area contributed by atoms with E-state index in [0.29, 0.717) is 6.04 Å². The maximum atomic E-state index is 3.37. The van der Waals surface area contributed by atoms with Crippen molar-refractivity contribution >= 4 is 0 Å². The van der Waals surface area contributed by atoms with Crippen LogP contribution < -0.4 is 10.6 Å². The first-order chi connectivity index (χ1) is 4.43. The number of piperazine rings is 1. The lowest BCUT2D eigenvalue weighted by Crippen LogP contribution is -2.47. The highest BCUT2D eigenvalue weighted by Crippen LogP contribution is 1.87. The predicted molar refractivity (Wildman–Crippen MR) is 39.5 cm³/mol. The largest absolute Gasteiger partial charge is 0.314 e. The molecule has 1 heterocycles. The minimum Gasteiger partial charge on any atom is -0.314 e. The molecule has 1 aliphatic heterocycles. The fourth-order valence-electron chi connectivity index (χ4n) is 1.04. The third-order valence-electron chi connectivity index (χ3n) is 1.50. The van der Waals surface area contributed by atoms with Gasteiger partial charge in [-0.15, -0.1) is 0 Å². The third kappa shape index (κ3) is 2.16. The first kappa shape index (κ1) is 6.78. The van der Waals surface area contributed by atoms with Crippen LogP contribution in [0.15, 0.2) is 12.2 Å². The van der Waals surface area contributed by atoms with Crippen LogP contribution in [0, 0.1) is 0 Å². The molecule has 1 rings (SSSR count). The number of hydrogen-bond acceptors (Lipinski definition) is 2. The molecule has 0 aliphatic carbocycles. The van der Waals surface area contributed by atoms with Gasteiger partial charge in [-0.1, -0.05) is 12.2 Å². The summed E-state index contributed by atoms with van der Waals surface area (Å²) in [6.45, 7) is 5.32. The molecule has 1 fully saturated rings. The van der Waals surface area contributed by atoms with E-state index in [0.717, 1.165) is 19.6 Å². The van der Waals surface area contributed by atoms with Crippen molar-refractivity contribution in [2.45, 2.75) is 13.0 Å². The highest BCUT2D eigenvalue weighted by Gasteiger charge is 2.05. The molecule has 0 aromatic rings. The lowest BCUT2D eigenvalue weighted by molar-refractivity contribution is 0.471. The van der Waals surface area contributed by atoms with Crippen LogP contribution in [0.3, 0.4) is 0 Å². The molecule has 0 aromatic carbocycles. The number of nitrogens with one attached hydrogen (secondary N) is 2. The van der Waals surface area contributed by atoms with E-state index in [1.165, 1.54) is 0 Å². The van der Waals surface area contributed by atoms with Gasteiger partial charge in [-0.3, -0.25) is 0 Å². The van der Waals surface area contributed by atoms with E-state index in [1.807, 2.05) is 0 Å². The second-order valence-corrected chi connectivity index (χ2v) is 2.29. The predicted octanol–water partition coefficient (Wildman–Crippen LogP) is 0.124. The summed E-state index contributed by atoms with van der Waals surface area (Å²) in [6, 6.07) is 0.559. The zero-order chi connectivity index (χ0) is 6.53. The number of hydrogen-bond donors (Lipinski definition) is 2. The van der Waals surface area contributed by atoms with E-state index in [4.69, 9.17) is 0 Å². The summed E-state index contributed by atoms with van der Waals surface area (Å²) in [5.41, 5.74) is 0. The minimum absolute atomic E-state index is 0.559. The van der Waals surface area contributed by atoms with Crippen molar-refractivity contribution in [3.63, 3.8) is 0 Å². The van der Waals surface area contributed by atoms with E-state index >= 15 is 0 Å². The van der Waals surface area contributed by atoms with E-state index < -0.39 is 0 Å². The van der Waals surface area contributed by atoms with Gasteiger partial charge in [0, 0.05) is 25.7 Å². The zero-order valence-corrected chi connectivity index (χ0v) is 5.85. The molecular formula is C7H14N2. The van der Waals surface area contributed by atoms with Gasteiger partial charge in [0.1, 0.15) is 0 Å². The molecule has 1 unspecified atom stereocenters. The smallest absolute Gasteiger partial charge is 0.0376 e. The molecule has 2 nitrogen and oxygen atoms in total. The summed E-state index contributed by atoms with van der Waals surface area (Å²) < 4.78 is 0. The number of rotatable bonds is 1. The lowest BCUT2D eigenvalue weighted by Gasteiger charge is -2.21. The molecule has 1 saturated heterocycles. The monoisotopic (exact) mass is 126 g/mol. The van der Waals surface area contributed by atoms with Crippen molar-refractivity contribution < 1.29 is 0 Å². The van der Waals surface area contributed by atoms with Crippen LogP contribution in [0.4, 0.5) is 0 Å². The first-order valence-electron chi connectivity index (χ1n) is 3.50. The number of allylic oxidation sites excluding steroid dienone is 1. The van der Waals surface area contributed by atoms with Gasteiger partial charge in [0.15, 0.2) is 0 Å². The lowest BCUT2D eigenvalue weighted by atomic mass is 10.2. The minimum atomic E-state index is 0.559. The highest BCUT2D eigenvalue weighted by atomic mass is 15.0. The van der Waals surface area contributed by atoms with Crippen LogP contribution in [-0.2, 0) is 0 Å². The maximum absolute atomic E-state index is 3.37. The Morgan fingerprint density at radius 2 is 2.33 bits per heavy atom. The topological polar surface area (TPSA) is 24.1 Å². The van der Waals surface area contributed by atoms with E-state index in [9.17, 15) is 0 Å². The summed E-state index contributed by atoms with van der Waals surface area (Å²) >= 11 is 0. The highest BCUT2D eigenvalue weighted by molar-refractivity contribution is 4.94. The Balaban J connectivity index is 2.23. The molecule has 2 heteroatoms. The van der Waals surface area contributed by atoms with Crippen LogP contribution in [0.2, 0.25) is 0 Å². The van der Waals surface area contributed by atoms with E-state index in [-0.39, 0.29) is 0 Å². The summed E-state index contributed by atoms with van der Waals surface area (Å²) in [4.78, 5) is 0.